The third-order valence-corrected chi connectivity index (χ3v) is 5.47. The first-order valence-electron chi connectivity index (χ1n) is 8.64. The van der Waals surface area contributed by atoms with Crippen molar-refractivity contribution in [3.63, 3.8) is 0 Å². The zero-order chi connectivity index (χ0) is 16.4. The highest BCUT2D eigenvalue weighted by molar-refractivity contribution is 5.63. The average molecular weight is 319 g/mol. The summed E-state index contributed by atoms with van der Waals surface area (Å²) in [4.78, 5) is 0. The summed E-state index contributed by atoms with van der Waals surface area (Å²) in [5.41, 5.74) is 16.0. The topological polar surface area (TPSA) is 82.5 Å². The van der Waals surface area contributed by atoms with E-state index in [0.29, 0.717) is 17.9 Å². The second-order valence-corrected chi connectivity index (χ2v) is 6.96. The molecule has 1 aliphatic carbocycles. The summed E-state index contributed by atoms with van der Waals surface area (Å²) in [7, 11) is 1.95. The Kier molecular flexibility index (Phi) is 5.09. The molecule has 2 aliphatic rings. The molecule has 0 radical (unpaired) electrons. The highest BCUT2D eigenvalue weighted by atomic mass is 16.7. The first kappa shape index (κ1) is 16.6. The zero-order valence-electron chi connectivity index (χ0n) is 14.2. The lowest BCUT2D eigenvalue weighted by molar-refractivity contribution is -0.218. The summed E-state index contributed by atoms with van der Waals surface area (Å²) in [5, 5.41) is 3.20. The van der Waals surface area contributed by atoms with Gasteiger partial charge < -0.3 is 26.3 Å². The van der Waals surface area contributed by atoms with Crippen molar-refractivity contribution < 1.29 is 9.47 Å². The van der Waals surface area contributed by atoms with Crippen LogP contribution in [0.2, 0.25) is 0 Å². The van der Waals surface area contributed by atoms with Crippen LogP contribution in [0.4, 0.5) is 11.4 Å². The Morgan fingerprint density at radius 3 is 2.09 bits per heavy atom. The molecular formula is C18H29N3O2. The quantitative estimate of drug-likeness (QED) is 0.745. The van der Waals surface area contributed by atoms with E-state index in [1.807, 2.05) is 14.0 Å². The van der Waals surface area contributed by atoms with Crippen molar-refractivity contribution in [1.82, 2.24) is 5.32 Å². The third-order valence-electron chi connectivity index (χ3n) is 5.47. The molecule has 1 aliphatic heterocycles. The zero-order valence-corrected chi connectivity index (χ0v) is 14.2. The van der Waals surface area contributed by atoms with Crippen LogP contribution < -0.4 is 16.8 Å². The van der Waals surface area contributed by atoms with Gasteiger partial charge in [-0.25, -0.2) is 0 Å². The van der Waals surface area contributed by atoms with Gasteiger partial charge in [-0.05, 0) is 68.8 Å². The van der Waals surface area contributed by atoms with Gasteiger partial charge >= 0.3 is 0 Å². The number of nitrogen functional groups attached to an aromatic ring is 2. The number of anilines is 2. The second kappa shape index (κ2) is 7.07. The van der Waals surface area contributed by atoms with Crippen molar-refractivity contribution in [2.75, 3.05) is 31.7 Å². The molecule has 0 spiro atoms. The van der Waals surface area contributed by atoms with Gasteiger partial charge in [0.2, 0.25) is 0 Å². The van der Waals surface area contributed by atoms with Crippen molar-refractivity contribution >= 4 is 11.4 Å². The van der Waals surface area contributed by atoms with Gasteiger partial charge in [-0.3, -0.25) is 0 Å². The highest BCUT2D eigenvalue weighted by Crippen LogP contribution is 2.40. The largest absolute Gasteiger partial charge is 0.398 e. The van der Waals surface area contributed by atoms with E-state index in [4.69, 9.17) is 20.9 Å². The Bertz CT molecular complexity index is 510. The van der Waals surface area contributed by atoms with Crippen LogP contribution in [-0.2, 0) is 9.47 Å². The van der Waals surface area contributed by atoms with Gasteiger partial charge in [0.05, 0.1) is 19.3 Å². The van der Waals surface area contributed by atoms with Crippen LogP contribution in [-0.4, -0.2) is 32.6 Å². The van der Waals surface area contributed by atoms with E-state index in [1.165, 1.54) is 5.56 Å². The van der Waals surface area contributed by atoms with Gasteiger partial charge in [0.15, 0.2) is 6.29 Å². The fourth-order valence-corrected chi connectivity index (χ4v) is 3.70. The predicted octanol–water partition coefficient (Wildman–Crippen LogP) is 2.39. The van der Waals surface area contributed by atoms with Crippen molar-refractivity contribution in [3.8, 4) is 0 Å². The van der Waals surface area contributed by atoms with E-state index in [9.17, 15) is 0 Å². The second-order valence-electron chi connectivity index (χ2n) is 6.96. The summed E-state index contributed by atoms with van der Waals surface area (Å²) in [6, 6.07) is 4.52. The van der Waals surface area contributed by atoms with Crippen LogP contribution >= 0.6 is 0 Å². The van der Waals surface area contributed by atoms with Crippen LogP contribution in [0.5, 0.6) is 0 Å². The maximum atomic E-state index is 6.07. The molecule has 128 valence electrons. The summed E-state index contributed by atoms with van der Waals surface area (Å²) >= 11 is 0. The lowest BCUT2D eigenvalue weighted by Gasteiger charge is -2.37. The average Bonchev–Trinajstić information content (AvgIpc) is 2.59. The Hall–Kier alpha value is -1.30. The van der Waals surface area contributed by atoms with E-state index >= 15 is 0 Å². The lowest BCUT2D eigenvalue weighted by Crippen LogP contribution is -2.45. The molecule has 0 atom stereocenters. The van der Waals surface area contributed by atoms with Gasteiger partial charge in [-0.2, -0.15) is 0 Å². The number of hydrogen-bond acceptors (Lipinski definition) is 5. The Morgan fingerprint density at radius 2 is 1.57 bits per heavy atom. The number of hydrogen-bond donors (Lipinski definition) is 3. The third kappa shape index (κ3) is 3.62. The van der Waals surface area contributed by atoms with Crippen LogP contribution in [0.25, 0.3) is 0 Å². The monoisotopic (exact) mass is 319 g/mol. The molecule has 1 saturated carbocycles. The SMILES string of the molecule is CNC1COC(C2CCC(c3cc(N)c(C)c(N)c3)CC2)OC1. The van der Waals surface area contributed by atoms with Gasteiger partial charge in [0.25, 0.3) is 0 Å². The van der Waals surface area contributed by atoms with Crippen LogP contribution in [0.15, 0.2) is 12.1 Å². The molecule has 3 rings (SSSR count). The van der Waals surface area contributed by atoms with Crippen molar-refractivity contribution in [2.45, 2.75) is 50.9 Å². The molecule has 0 aromatic heterocycles. The van der Waals surface area contributed by atoms with E-state index < -0.39 is 0 Å². The minimum absolute atomic E-state index is 0.0336. The van der Waals surface area contributed by atoms with E-state index in [-0.39, 0.29) is 6.29 Å². The number of nitrogens with one attached hydrogen (secondary N) is 1. The first-order valence-corrected chi connectivity index (χ1v) is 8.64. The lowest BCUT2D eigenvalue weighted by atomic mass is 9.78. The number of nitrogens with two attached hydrogens (primary N) is 2. The number of rotatable bonds is 3. The molecule has 1 aromatic carbocycles. The van der Waals surface area contributed by atoms with Crippen LogP contribution in [0.1, 0.15) is 42.7 Å². The Labute approximate surface area is 138 Å². The Morgan fingerprint density at radius 1 is 1.00 bits per heavy atom. The van der Waals surface area contributed by atoms with Gasteiger partial charge in [0, 0.05) is 17.3 Å². The molecule has 5 N–H and O–H groups in total. The molecule has 1 aromatic rings. The van der Waals surface area contributed by atoms with Gasteiger partial charge in [-0.15, -0.1) is 0 Å². The van der Waals surface area contributed by atoms with E-state index in [2.05, 4.69) is 17.4 Å². The normalized spacial score (nSPS) is 31.9. The molecule has 5 heteroatoms. The number of likely N-dealkylation sites (N-methyl/N-ethyl adjacent to an activating group) is 1. The Balaban J connectivity index is 1.56. The fraction of sp³-hybridized carbons (Fsp3) is 0.667. The first-order chi connectivity index (χ1) is 11.1. The summed E-state index contributed by atoms with van der Waals surface area (Å²) in [5.74, 6) is 1.05. The molecule has 2 fully saturated rings. The van der Waals surface area contributed by atoms with Crippen molar-refractivity contribution in [3.05, 3.63) is 23.3 Å². The summed E-state index contributed by atoms with van der Waals surface area (Å²) in [6.07, 6.45) is 4.52. The maximum Gasteiger partial charge on any atom is 0.160 e. The van der Waals surface area contributed by atoms with E-state index in [1.54, 1.807) is 0 Å². The summed E-state index contributed by atoms with van der Waals surface area (Å²) in [6.45, 7) is 3.46. The van der Waals surface area contributed by atoms with Gasteiger partial charge in [-0.1, -0.05) is 0 Å². The molecular weight excluding hydrogens is 290 g/mol. The molecule has 0 unspecified atom stereocenters. The molecule has 0 amide bonds. The van der Waals surface area contributed by atoms with Crippen LogP contribution in [0, 0.1) is 12.8 Å². The van der Waals surface area contributed by atoms with Crippen molar-refractivity contribution in [2.24, 2.45) is 5.92 Å². The molecule has 1 heterocycles. The standard InChI is InChI=1S/C18H29N3O2/c1-11-16(19)7-14(8-17(11)20)12-3-5-13(6-4-12)18-22-9-15(21-2)10-23-18/h7-8,12-13,15,18,21H,3-6,9-10,19-20H2,1-2H3. The fourth-order valence-electron chi connectivity index (χ4n) is 3.70. The number of ether oxygens (including phenoxy) is 2. The predicted molar refractivity (Wildman–Crippen MR) is 93.2 cm³/mol. The molecule has 1 saturated heterocycles. The van der Waals surface area contributed by atoms with Crippen molar-refractivity contribution in [1.29, 1.82) is 0 Å². The van der Waals surface area contributed by atoms with Crippen LogP contribution in [0.3, 0.4) is 0 Å². The van der Waals surface area contributed by atoms with E-state index in [0.717, 1.165) is 55.8 Å². The van der Waals surface area contributed by atoms with Gasteiger partial charge in [0.1, 0.15) is 0 Å². The molecule has 5 nitrogen and oxygen atoms in total. The maximum absolute atomic E-state index is 6.07. The highest BCUT2D eigenvalue weighted by Gasteiger charge is 2.32. The smallest absolute Gasteiger partial charge is 0.160 e. The minimum atomic E-state index is -0.0336. The summed E-state index contributed by atoms with van der Waals surface area (Å²) < 4.78 is 11.8. The number of benzene rings is 1. The minimum Gasteiger partial charge on any atom is -0.398 e. The molecule has 23 heavy (non-hydrogen) atoms. The molecule has 0 bridgehead atoms.